The van der Waals surface area contributed by atoms with Crippen LogP contribution in [0.4, 0.5) is 0 Å². The van der Waals surface area contributed by atoms with Gasteiger partial charge < -0.3 is 9.84 Å². The van der Waals surface area contributed by atoms with Gasteiger partial charge in [-0.3, -0.25) is 4.98 Å². The molecule has 0 aliphatic heterocycles. The van der Waals surface area contributed by atoms with E-state index in [1.165, 1.54) is 6.42 Å². The summed E-state index contributed by atoms with van der Waals surface area (Å²) in [7, 11) is 0. The number of aliphatic carboxylic acids is 1. The summed E-state index contributed by atoms with van der Waals surface area (Å²) < 4.78 is 5.89. The van der Waals surface area contributed by atoms with Crippen LogP contribution in [0.25, 0.3) is 0 Å². The van der Waals surface area contributed by atoms with Gasteiger partial charge in [0.05, 0.1) is 6.10 Å². The summed E-state index contributed by atoms with van der Waals surface area (Å²) in [6.45, 7) is 1.61. The summed E-state index contributed by atoms with van der Waals surface area (Å²) in [5.41, 5.74) is -0.695. The third kappa shape index (κ3) is 2.70. The van der Waals surface area contributed by atoms with Crippen LogP contribution in [0, 0.1) is 0 Å². The molecule has 1 saturated carbocycles. The van der Waals surface area contributed by atoms with E-state index < -0.39 is 11.6 Å². The zero-order valence-corrected chi connectivity index (χ0v) is 10.6. The Kier molecular flexibility index (Phi) is 3.97. The van der Waals surface area contributed by atoms with E-state index in [2.05, 4.69) is 4.98 Å². The van der Waals surface area contributed by atoms with Crippen LogP contribution in [-0.2, 0) is 15.1 Å². The van der Waals surface area contributed by atoms with Crippen molar-refractivity contribution in [3.63, 3.8) is 0 Å². The van der Waals surface area contributed by atoms with E-state index in [4.69, 9.17) is 4.74 Å². The van der Waals surface area contributed by atoms with Gasteiger partial charge in [-0.2, -0.15) is 0 Å². The molecule has 4 heteroatoms. The van der Waals surface area contributed by atoms with Gasteiger partial charge in [0.1, 0.15) is 0 Å². The lowest BCUT2D eigenvalue weighted by molar-refractivity contribution is -0.175. The monoisotopic (exact) mass is 249 g/mol. The molecule has 1 fully saturated rings. The first-order chi connectivity index (χ1) is 8.63. The molecule has 0 saturated heterocycles. The van der Waals surface area contributed by atoms with E-state index >= 15 is 0 Å². The molecule has 18 heavy (non-hydrogen) atoms. The van der Waals surface area contributed by atoms with Gasteiger partial charge in [0.15, 0.2) is 5.60 Å². The van der Waals surface area contributed by atoms with Crippen LogP contribution >= 0.6 is 0 Å². The zero-order chi connectivity index (χ0) is 13.0. The van der Waals surface area contributed by atoms with Gasteiger partial charge in [0, 0.05) is 18.0 Å². The standard InChI is InChI=1S/C14H19NO3/c1-14(13(16)17,11-6-5-9-15-10-11)18-12-7-3-2-4-8-12/h5-6,9-10,12H,2-4,7-8H2,1H3,(H,16,17). The molecule has 1 aromatic heterocycles. The van der Waals surface area contributed by atoms with Crippen LogP contribution in [-0.4, -0.2) is 22.2 Å². The fraction of sp³-hybridized carbons (Fsp3) is 0.571. The fourth-order valence-electron chi connectivity index (χ4n) is 2.40. The average molecular weight is 249 g/mol. The van der Waals surface area contributed by atoms with Gasteiger partial charge in [-0.1, -0.05) is 25.3 Å². The van der Waals surface area contributed by atoms with Crippen molar-refractivity contribution in [2.75, 3.05) is 0 Å². The number of ether oxygens (including phenoxy) is 1. The van der Waals surface area contributed by atoms with E-state index in [0.29, 0.717) is 5.56 Å². The predicted molar refractivity (Wildman–Crippen MR) is 67.2 cm³/mol. The molecule has 98 valence electrons. The largest absolute Gasteiger partial charge is 0.479 e. The number of carboxylic acids is 1. The highest BCUT2D eigenvalue weighted by molar-refractivity contribution is 5.78. The zero-order valence-electron chi connectivity index (χ0n) is 10.6. The van der Waals surface area contributed by atoms with E-state index in [1.807, 2.05) is 0 Å². The first-order valence-electron chi connectivity index (χ1n) is 6.44. The number of carbonyl (C=O) groups is 1. The third-order valence-electron chi connectivity index (χ3n) is 3.58. The molecule has 0 radical (unpaired) electrons. The number of rotatable bonds is 4. The Labute approximate surface area is 107 Å². The van der Waals surface area contributed by atoms with Crippen LogP contribution in [0.1, 0.15) is 44.6 Å². The van der Waals surface area contributed by atoms with Crippen molar-refractivity contribution in [3.8, 4) is 0 Å². The van der Waals surface area contributed by atoms with Gasteiger partial charge in [-0.25, -0.2) is 4.79 Å². The maximum atomic E-state index is 11.5. The minimum Gasteiger partial charge on any atom is -0.479 e. The van der Waals surface area contributed by atoms with Crippen LogP contribution < -0.4 is 0 Å². The topological polar surface area (TPSA) is 59.4 Å². The lowest BCUT2D eigenvalue weighted by atomic mass is 9.94. The maximum Gasteiger partial charge on any atom is 0.340 e. The first-order valence-corrected chi connectivity index (χ1v) is 6.44. The molecule has 1 atom stereocenters. The number of carboxylic acid groups (broad SMARTS) is 1. The lowest BCUT2D eigenvalue weighted by Crippen LogP contribution is -2.39. The molecule has 0 spiro atoms. The molecule has 1 unspecified atom stereocenters. The highest BCUT2D eigenvalue weighted by Crippen LogP contribution is 2.31. The number of aromatic nitrogens is 1. The van der Waals surface area contributed by atoms with E-state index in [-0.39, 0.29) is 6.10 Å². The van der Waals surface area contributed by atoms with Crippen molar-refractivity contribution in [2.45, 2.75) is 50.7 Å². The van der Waals surface area contributed by atoms with E-state index in [0.717, 1.165) is 25.7 Å². The van der Waals surface area contributed by atoms with Crippen molar-refractivity contribution in [1.82, 2.24) is 4.98 Å². The third-order valence-corrected chi connectivity index (χ3v) is 3.58. The molecule has 1 aromatic rings. The molecule has 1 N–H and O–H groups in total. The SMILES string of the molecule is CC(OC1CCCCC1)(C(=O)O)c1cccnc1. The van der Waals surface area contributed by atoms with Gasteiger partial charge >= 0.3 is 5.97 Å². The summed E-state index contributed by atoms with van der Waals surface area (Å²) in [5, 5.41) is 9.46. The number of hydrogen-bond donors (Lipinski definition) is 1. The molecule has 1 aliphatic carbocycles. The Morgan fingerprint density at radius 3 is 2.72 bits per heavy atom. The minimum atomic E-state index is -1.30. The van der Waals surface area contributed by atoms with Gasteiger partial charge in [0.2, 0.25) is 0 Å². The second-order valence-electron chi connectivity index (χ2n) is 4.96. The number of nitrogens with zero attached hydrogens (tertiary/aromatic N) is 1. The van der Waals surface area contributed by atoms with Crippen molar-refractivity contribution in [2.24, 2.45) is 0 Å². The lowest BCUT2D eigenvalue weighted by Gasteiger charge is -2.32. The second-order valence-corrected chi connectivity index (χ2v) is 4.96. The Balaban J connectivity index is 2.19. The van der Waals surface area contributed by atoms with Crippen LogP contribution in [0.2, 0.25) is 0 Å². The molecule has 0 amide bonds. The summed E-state index contributed by atoms with van der Waals surface area (Å²) in [6.07, 6.45) is 8.59. The average Bonchev–Trinajstić information content (AvgIpc) is 2.40. The quantitative estimate of drug-likeness (QED) is 0.891. The highest BCUT2D eigenvalue weighted by Gasteiger charge is 2.39. The van der Waals surface area contributed by atoms with Crippen molar-refractivity contribution in [3.05, 3.63) is 30.1 Å². The second kappa shape index (κ2) is 5.48. The van der Waals surface area contributed by atoms with Gasteiger partial charge in [-0.05, 0) is 25.8 Å². The maximum absolute atomic E-state index is 11.5. The predicted octanol–water partition coefficient (Wildman–Crippen LogP) is 2.73. The van der Waals surface area contributed by atoms with E-state index in [1.54, 1.807) is 31.5 Å². The smallest absolute Gasteiger partial charge is 0.340 e. The fourth-order valence-corrected chi connectivity index (χ4v) is 2.40. The molecular weight excluding hydrogens is 230 g/mol. The van der Waals surface area contributed by atoms with Gasteiger partial charge in [0.25, 0.3) is 0 Å². The molecule has 0 bridgehead atoms. The Morgan fingerprint density at radius 1 is 1.44 bits per heavy atom. The summed E-state index contributed by atoms with van der Waals surface area (Å²) in [6, 6.07) is 3.49. The molecule has 1 aliphatic rings. The van der Waals surface area contributed by atoms with Crippen molar-refractivity contribution >= 4 is 5.97 Å². The Morgan fingerprint density at radius 2 is 2.17 bits per heavy atom. The van der Waals surface area contributed by atoms with E-state index in [9.17, 15) is 9.90 Å². The van der Waals surface area contributed by atoms with Crippen LogP contribution in [0.3, 0.4) is 0 Å². The van der Waals surface area contributed by atoms with Crippen LogP contribution in [0.5, 0.6) is 0 Å². The summed E-state index contributed by atoms with van der Waals surface area (Å²) in [4.78, 5) is 15.5. The molecule has 0 aromatic carbocycles. The molecule has 1 heterocycles. The Hall–Kier alpha value is -1.42. The molecule has 4 nitrogen and oxygen atoms in total. The number of pyridine rings is 1. The van der Waals surface area contributed by atoms with Crippen molar-refractivity contribution < 1.29 is 14.6 Å². The molecule has 2 rings (SSSR count). The normalized spacial score (nSPS) is 20.3. The summed E-state index contributed by atoms with van der Waals surface area (Å²) in [5.74, 6) is -0.957. The minimum absolute atomic E-state index is 0.0417. The van der Waals surface area contributed by atoms with Crippen molar-refractivity contribution in [1.29, 1.82) is 0 Å². The summed E-state index contributed by atoms with van der Waals surface area (Å²) >= 11 is 0. The van der Waals surface area contributed by atoms with Gasteiger partial charge in [-0.15, -0.1) is 0 Å². The first kappa shape index (κ1) is 13.0. The molecular formula is C14H19NO3. The van der Waals surface area contributed by atoms with Crippen LogP contribution in [0.15, 0.2) is 24.5 Å². The highest BCUT2D eigenvalue weighted by atomic mass is 16.5. The Bertz CT molecular complexity index is 401. The number of hydrogen-bond acceptors (Lipinski definition) is 3.